The van der Waals surface area contributed by atoms with Gasteiger partial charge in [-0.3, -0.25) is 4.90 Å². The van der Waals surface area contributed by atoms with Crippen LogP contribution in [0, 0.1) is 13.8 Å². The summed E-state index contributed by atoms with van der Waals surface area (Å²) < 4.78 is 1.13. The summed E-state index contributed by atoms with van der Waals surface area (Å²) in [4.78, 5) is 16.1. The minimum atomic E-state index is 0. The van der Waals surface area contributed by atoms with Gasteiger partial charge in [0.1, 0.15) is 12.1 Å². The Morgan fingerprint density at radius 2 is 2.04 bits per heavy atom. The third kappa shape index (κ3) is 4.27. The van der Waals surface area contributed by atoms with E-state index in [2.05, 4.69) is 63.5 Å². The fourth-order valence-electron chi connectivity index (χ4n) is 3.68. The molecular formula is C19H27ClN6S. The van der Waals surface area contributed by atoms with Gasteiger partial charge in [-0.2, -0.15) is 0 Å². The second-order valence-electron chi connectivity index (χ2n) is 7.11. The van der Waals surface area contributed by atoms with E-state index >= 15 is 0 Å². The zero-order valence-electron chi connectivity index (χ0n) is 16.0. The van der Waals surface area contributed by atoms with Gasteiger partial charge in [0, 0.05) is 61.1 Å². The van der Waals surface area contributed by atoms with Gasteiger partial charge < -0.3 is 15.6 Å². The summed E-state index contributed by atoms with van der Waals surface area (Å²) in [7, 11) is 0. The van der Waals surface area contributed by atoms with Crippen molar-refractivity contribution in [3.05, 3.63) is 29.8 Å². The van der Waals surface area contributed by atoms with Gasteiger partial charge in [0.05, 0.1) is 10.2 Å². The largest absolute Gasteiger partial charge is 0.365 e. The molecular weight excluding hydrogens is 380 g/mol. The van der Waals surface area contributed by atoms with E-state index in [9.17, 15) is 0 Å². The van der Waals surface area contributed by atoms with E-state index in [1.807, 2.05) is 0 Å². The number of aromatic amines is 1. The Kier molecular flexibility index (Phi) is 6.37. The zero-order chi connectivity index (χ0) is 18.1. The fraction of sp³-hybridized carbons (Fsp3) is 0.474. The van der Waals surface area contributed by atoms with Crippen LogP contribution in [-0.4, -0.2) is 58.6 Å². The molecule has 0 saturated carbocycles. The molecule has 27 heavy (non-hydrogen) atoms. The van der Waals surface area contributed by atoms with Crippen molar-refractivity contribution in [2.75, 3.05) is 38.0 Å². The second-order valence-corrected chi connectivity index (χ2v) is 8.17. The highest BCUT2D eigenvalue weighted by atomic mass is 35.5. The first-order valence-electron chi connectivity index (χ1n) is 9.21. The fourth-order valence-corrected chi connectivity index (χ4v) is 4.91. The van der Waals surface area contributed by atoms with Gasteiger partial charge >= 0.3 is 0 Å². The van der Waals surface area contributed by atoms with E-state index in [0.717, 1.165) is 48.8 Å². The summed E-state index contributed by atoms with van der Waals surface area (Å²) in [5.41, 5.74) is 4.76. The molecule has 146 valence electrons. The van der Waals surface area contributed by atoms with Crippen molar-refractivity contribution < 1.29 is 0 Å². The van der Waals surface area contributed by atoms with E-state index in [4.69, 9.17) is 0 Å². The summed E-state index contributed by atoms with van der Waals surface area (Å²) in [5, 5.41) is 7.01. The van der Waals surface area contributed by atoms with Crippen molar-refractivity contribution in [1.82, 2.24) is 25.2 Å². The number of thiophene rings is 1. The van der Waals surface area contributed by atoms with Crippen LogP contribution in [0.15, 0.2) is 18.6 Å². The van der Waals surface area contributed by atoms with Crippen LogP contribution in [0.1, 0.15) is 18.2 Å². The Balaban J connectivity index is 0.00000210. The van der Waals surface area contributed by atoms with Crippen LogP contribution in [-0.2, 0) is 0 Å². The van der Waals surface area contributed by atoms with Gasteiger partial charge in [0.2, 0.25) is 0 Å². The summed E-state index contributed by atoms with van der Waals surface area (Å²) in [5.74, 6) is 0.944. The quantitative estimate of drug-likeness (QED) is 0.605. The predicted molar refractivity (Wildman–Crippen MR) is 116 cm³/mol. The van der Waals surface area contributed by atoms with Crippen LogP contribution in [0.25, 0.3) is 20.7 Å². The van der Waals surface area contributed by atoms with Crippen LogP contribution in [0.4, 0.5) is 5.82 Å². The van der Waals surface area contributed by atoms with Crippen LogP contribution in [0.2, 0.25) is 0 Å². The number of hydrogen-bond acceptors (Lipinski definition) is 6. The molecule has 3 N–H and O–H groups in total. The lowest BCUT2D eigenvalue weighted by molar-refractivity contribution is 0.235. The van der Waals surface area contributed by atoms with Gasteiger partial charge in [0.25, 0.3) is 0 Å². The average Bonchev–Trinajstić information content (AvgIpc) is 3.19. The lowest BCUT2D eigenvalue weighted by Gasteiger charge is -2.30. The van der Waals surface area contributed by atoms with Gasteiger partial charge in [0.15, 0.2) is 0 Å². The number of halogens is 1. The standard InChI is InChI=1S/C19H26N6S.ClH/c1-12-9-21-14(3)17(12)16-8-15-18(26-16)19(23-11-22-15)24-13(2)10-25-6-4-20-5-7-25;/h8-9,11,13,20-21H,4-7,10H2,1-3H3,(H,22,23,24);1H/t13-;/m0./s1. The van der Waals surface area contributed by atoms with E-state index in [0.29, 0.717) is 6.04 Å². The van der Waals surface area contributed by atoms with Crippen LogP contribution in [0.3, 0.4) is 0 Å². The molecule has 8 heteroatoms. The molecule has 0 radical (unpaired) electrons. The number of nitrogens with zero attached hydrogens (tertiary/aromatic N) is 3. The summed E-state index contributed by atoms with van der Waals surface area (Å²) >= 11 is 1.77. The lowest BCUT2D eigenvalue weighted by atomic mass is 10.1. The number of H-pyrrole nitrogens is 1. The number of aromatic nitrogens is 3. The van der Waals surface area contributed by atoms with Crippen molar-refractivity contribution in [3.8, 4) is 10.4 Å². The van der Waals surface area contributed by atoms with E-state index in [-0.39, 0.29) is 12.4 Å². The van der Waals surface area contributed by atoms with Crippen molar-refractivity contribution in [2.45, 2.75) is 26.8 Å². The zero-order valence-corrected chi connectivity index (χ0v) is 17.6. The molecule has 0 unspecified atom stereocenters. The highest BCUT2D eigenvalue weighted by Crippen LogP contribution is 2.38. The van der Waals surface area contributed by atoms with Crippen molar-refractivity contribution >= 4 is 39.8 Å². The second kappa shape index (κ2) is 8.56. The maximum Gasteiger partial charge on any atom is 0.147 e. The molecule has 3 aromatic heterocycles. The monoisotopic (exact) mass is 406 g/mol. The molecule has 1 aliphatic rings. The summed E-state index contributed by atoms with van der Waals surface area (Å²) in [6.07, 6.45) is 3.73. The number of nitrogens with one attached hydrogen (secondary N) is 3. The summed E-state index contributed by atoms with van der Waals surface area (Å²) in [6.45, 7) is 11.9. The molecule has 0 bridgehead atoms. The number of rotatable bonds is 5. The van der Waals surface area contributed by atoms with E-state index < -0.39 is 0 Å². The maximum atomic E-state index is 4.53. The smallest absolute Gasteiger partial charge is 0.147 e. The van der Waals surface area contributed by atoms with Crippen molar-refractivity contribution in [2.24, 2.45) is 0 Å². The van der Waals surface area contributed by atoms with Crippen LogP contribution < -0.4 is 10.6 Å². The van der Waals surface area contributed by atoms with Gasteiger partial charge in [-0.15, -0.1) is 23.7 Å². The minimum absolute atomic E-state index is 0. The van der Waals surface area contributed by atoms with E-state index in [1.54, 1.807) is 17.7 Å². The molecule has 0 amide bonds. The van der Waals surface area contributed by atoms with Crippen molar-refractivity contribution in [1.29, 1.82) is 0 Å². The van der Waals surface area contributed by atoms with Crippen LogP contribution in [0.5, 0.6) is 0 Å². The molecule has 3 aromatic rings. The molecule has 0 aromatic carbocycles. The first kappa shape index (κ1) is 20.1. The van der Waals surface area contributed by atoms with Crippen molar-refractivity contribution in [3.63, 3.8) is 0 Å². The third-order valence-corrected chi connectivity index (χ3v) is 6.11. The van der Waals surface area contributed by atoms with Gasteiger partial charge in [-0.1, -0.05) is 0 Å². The highest BCUT2D eigenvalue weighted by molar-refractivity contribution is 7.22. The Morgan fingerprint density at radius 1 is 1.26 bits per heavy atom. The van der Waals surface area contributed by atoms with Crippen LogP contribution >= 0.6 is 23.7 Å². The van der Waals surface area contributed by atoms with Gasteiger partial charge in [-0.05, 0) is 32.4 Å². The molecule has 4 rings (SSSR count). The summed E-state index contributed by atoms with van der Waals surface area (Å²) in [6, 6.07) is 2.52. The maximum absolute atomic E-state index is 4.53. The number of fused-ring (bicyclic) bond motifs is 1. The lowest BCUT2D eigenvalue weighted by Crippen LogP contribution is -2.47. The van der Waals surface area contributed by atoms with Gasteiger partial charge in [-0.25, -0.2) is 9.97 Å². The number of hydrogen-bond donors (Lipinski definition) is 3. The predicted octanol–water partition coefficient (Wildman–Crippen LogP) is 3.43. The molecule has 1 fully saturated rings. The Bertz CT molecular complexity index is 879. The molecule has 1 saturated heterocycles. The molecule has 4 heterocycles. The minimum Gasteiger partial charge on any atom is -0.365 e. The highest BCUT2D eigenvalue weighted by Gasteiger charge is 2.17. The molecule has 6 nitrogen and oxygen atoms in total. The Hall–Kier alpha value is -1.67. The Labute approximate surface area is 170 Å². The first-order valence-corrected chi connectivity index (χ1v) is 10.0. The topological polar surface area (TPSA) is 68.9 Å². The number of anilines is 1. The average molecular weight is 407 g/mol. The normalized spacial score (nSPS) is 16.3. The number of aryl methyl sites for hydroxylation is 2. The molecule has 1 aliphatic heterocycles. The molecule has 0 spiro atoms. The van der Waals surface area contributed by atoms with E-state index in [1.165, 1.54) is 21.7 Å². The third-order valence-electron chi connectivity index (χ3n) is 4.96. The first-order chi connectivity index (χ1) is 12.6. The number of piperazine rings is 1. The molecule has 1 atom stereocenters. The Morgan fingerprint density at radius 3 is 2.74 bits per heavy atom. The SMILES string of the molecule is Cc1c[nH]c(C)c1-c1cc2ncnc(N[C@@H](C)CN3CCNCC3)c2s1.Cl. The molecule has 0 aliphatic carbocycles.